The van der Waals surface area contributed by atoms with Gasteiger partial charge in [-0.2, -0.15) is 0 Å². The van der Waals surface area contributed by atoms with Gasteiger partial charge in [-0.15, -0.1) is 0 Å². The van der Waals surface area contributed by atoms with Crippen molar-refractivity contribution in [3.8, 4) is 0 Å². The molecule has 9 nitrogen and oxygen atoms in total. The summed E-state index contributed by atoms with van der Waals surface area (Å²) < 4.78 is 11.0. The summed E-state index contributed by atoms with van der Waals surface area (Å²) in [6, 6.07) is 17.2. The Hall–Kier alpha value is -4.40. The van der Waals surface area contributed by atoms with Crippen molar-refractivity contribution in [2.45, 2.75) is 64.2 Å². The number of carboxylic acids is 1. The number of furan rings is 1. The van der Waals surface area contributed by atoms with Gasteiger partial charge in [0.05, 0.1) is 18.3 Å². The summed E-state index contributed by atoms with van der Waals surface area (Å²) in [5.41, 5.74) is -1.83. The minimum Gasteiger partial charge on any atom is -0.479 e. The van der Waals surface area contributed by atoms with Gasteiger partial charge in [0.25, 0.3) is 0 Å². The lowest BCUT2D eigenvalue weighted by atomic mass is 9.68. The monoisotopic (exact) mass is 558 g/mol. The number of ketones is 1. The number of aliphatic carboxylic acids is 1. The quantitative estimate of drug-likeness (QED) is 0.294. The number of hydrogen-bond donors (Lipinski definition) is 1. The van der Waals surface area contributed by atoms with Crippen LogP contribution >= 0.6 is 0 Å². The van der Waals surface area contributed by atoms with Gasteiger partial charge in [0.15, 0.2) is 5.78 Å². The van der Waals surface area contributed by atoms with Crippen LogP contribution in [0.2, 0.25) is 0 Å². The molecule has 2 aromatic carbocycles. The molecule has 1 aromatic heterocycles. The summed E-state index contributed by atoms with van der Waals surface area (Å²) in [4.78, 5) is 57.9. The second kappa shape index (κ2) is 10.5. The fourth-order valence-corrected chi connectivity index (χ4v) is 6.15. The number of carboxylic acid groups (broad SMARTS) is 1. The lowest BCUT2D eigenvalue weighted by Crippen LogP contribution is -2.79. The fraction of sp³-hybridized carbons (Fsp3) is 0.375. The highest BCUT2D eigenvalue weighted by atomic mass is 16.6. The molecule has 4 atom stereocenters. The molecular weight excluding hydrogens is 524 g/mol. The number of carbonyl (C=O) groups is 4. The fourth-order valence-electron chi connectivity index (χ4n) is 6.15. The third kappa shape index (κ3) is 4.59. The van der Waals surface area contributed by atoms with E-state index in [4.69, 9.17) is 9.15 Å². The van der Waals surface area contributed by atoms with Crippen LogP contribution in [0.1, 0.15) is 55.7 Å². The van der Waals surface area contributed by atoms with Crippen LogP contribution in [0.15, 0.2) is 77.4 Å². The summed E-state index contributed by atoms with van der Waals surface area (Å²) in [5.74, 6) is -2.03. The van der Waals surface area contributed by atoms with Gasteiger partial charge in [-0.25, -0.2) is 9.59 Å². The number of aryl methyl sites for hydroxylation is 2. The second-order valence-corrected chi connectivity index (χ2v) is 11.7. The van der Waals surface area contributed by atoms with Crippen molar-refractivity contribution in [2.75, 3.05) is 6.61 Å². The van der Waals surface area contributed by atoms with Crippen LogP contribution in [-0.2, 0) is 31.1 Å². The molecule has 1 N–H and O–H groups in total. The summed E-state index contributed by atoms with van der Waals surface area (Å²) in [6.07, 6.45) is 1.51. The Morgan fingerprint density at radius 2 is 1.66 bits per heavy atom. The largest absolute Gasteiger partial charge is 0.479 e. The van der Waals surface area contributed by atoms with Crippen LogP contribution in [0, 0.1) is 12.3 Å². The molecule has 2 fully saturated rings. The van der Waals surface area contributed by atoms with Gasteiger partial charge in [0.2, 0.25) is 11.4 Å². The molecule has 2 unspecified atom stereocenters. The van der Waals surface area contributed by atoms with Crippen molar-refractivity contribution in [1.29, 1.82) is 0 Å². The zero-order valence-electron chi connectivity index (χ0n) is 23.6. The molecule has 5 rings (SSSR count). The molecule has 3 heterocycles. The number of likely N-dealkylation sites (tertiary alicyclic amines) is 1. The molecule has 9 heteroatoms. The van der Waals surface area contributed by atoms with Gasteiger partial charge in [-0.3, -0.25) is 14.5 Å². The van der Waals surface area contributed by atoms with Crippen LogP contribution in [0.5, 0.6) is 0 Å². The number of β-lactam (4-membered cyclic amide) rings is 1. The Morgan fingerprint density at radius 3 is 2.27 bits per heavy atom. The normalized spacial score (nSPS) is 22.2. The number of cyclic esters (lactones) is 1. The minimum atomic E-state index is -2.31. The van der Waals surface area contributed by atoms with E-state index >= 15 is 0 Å². The van der Waals surface area contributed by atoms with E-state index in [0.717, 1.165) is 5.56 Å². The highest BCUT2D eigenvalue weighted by Crippen LogP contribution is 2.48. The Bertz CT molecular complexity index is 1460. The number of hydrogen-bond acceptors (Lipinski definition) is 6. The zero-order valence-corrected chi connectivity index (χ0v) is 23.6. The maximum atomic E-state index is 14.3. The van der Waals surface area contributed by atoms with E-state index in [1.807, 2.05) is 30.3 Å². The average molecular weight is 559 g/mol. The van der Waals surface area contributed by atoms with Crippen molar-refractivity contribution >= 4 is 23.8 Å². The van der Waals surface area contributed by atoms with E-state index in [9.17, 15) is 24.3 Å². The average Bonchev–Trinajstić information content (AvgIpc) is 3.59. The van der Waals surface area contributed by atoms with Crippen LogP contribution in [-0.4, -0.2) is 57.3 Å². The molecule has 41 heavy (non-hydrogen) atoms. The third-order valence-corrected chi connectivity index (χ3v) is 8.06. The van der Waals surface area contributed by atoms with Crippen molar-refractivity contribution in [3.05, 3.63) is 95.4 Å². The zero-order chi connectivity index (χ0) is 29.5. The molecule has 0 bridgehead atoms. The Balaban J connectivity index is 1.66. The van der Waals surface area contributed by atoms with Crippen molar-refractivity contribution in [3.63, 3.8) is 0 Å². The highest BCUT2D eigenvalue weighted by molar-refractivity contribution is 6.15. The SMILES string of the molecule is Cc1ccccc1[C@@](C(=O)O)(C(=O)C(C)(C)C)N1C(=O)C(N2C(=O)OC[C@@H]2c2ccccc2)C1CCc1ccco1. The lowest BCUT2D eigenvalue weighted by Gasteiger charge is -2.57. The highest BCUT2D eigenvalue weighted by Gasteiger charge is 2.68. The standard InChI is InChI=1S/C32H34N2O7/c1-20-11-8-9-15-23(20)32(29(37)38,28(36)31(2,3)4)34-24(17-16-22-14-10-18-40-22)26(27(34)35)33-25(19-41-30(33)39)21-12-6-5-7-13-21/h5-15,18,24-26H,16-17,19H2,1-4H3,(H,37,38)/t24?,25-,26?,32+/m1/s1. The van der Waals surface area contributed by atoms with Crippen molar-refractivity contribution < 1.29 is 33.4 Å². The first-order valence-electron chi connectivity index (χ1n) is 13.7. The van der Waals surface area contributed by atoms with E-state index in [1.54, 1.807) is 64.1 Å². The molecule has 0 aliphatic carbocycles. The first kappa shape index (κ1) is 28.1. The minimum absolute atomic E-state index is 0.0559. The van der Waals surface area contributed by atoms with Crippen LogP contribution in [0.25, 0.3) is 0 Å². The lowest BCUT2D eigenvalue weighted by molar-refractivity contribution is -0.189. The smallest absolute Gasteiger partial charge is 0.411 e. The summed E-state index contributed by atoms with van der Waals surface area (Å²) >= 11 is 0. The number of nitrogens with zero attached hydrogens (tertiary/aromatic N) is 2. The van der Waals surface area contributed by atoms with Gasteiger partial charge in [-0.05, 0) is 42.2 Å². The van der Waals surface area contributed by atoms with Crippen LogP contribution in [0.4, 0.5) is 4.79 Å². The van der Waals surface area contributed by atoms with Crippen LogP contribution < -0.4 is 0 Å². The number of benzene rings is 2. The van der Waals surface area contributed by atoms with Gasteiger partial charge < -0.3 is 19.2 Å². The molecule has 0 spiro atoms. The molecule has 0 saturated carbocycles. The van der Waals surface area contributed by atoms with E-state index in [-0.39, 0.29) is 18.6 Å². The number of carbonyl (C=O) groups excluding carboxylic acids is 3. The van der Waals surface area contributed by atoms with Gasteiger partial charge in [-0.1, -0.05) is 75.4 Å². The molecule has 3 aromatic rings. The van der Waals surface area contributed by atoms with Gasteiger partial charge >= 0.3 is 12.1 Å². The van der Waals surface area contributed by atoms with Gasteiger partial charge in [0.1, 0.15) is 18.4 Å². The summed E-state index contributed by atoms with van der Waals surface area (Å²) in [7, 11) is 0. The molecular formula is C32H34N2O7. The molecule has 0 radical (unpaired) electrons. The van der Waals surface area contributed by atoms with Crippen molar-refractivity contribution in [2.24, 2.45) is 5.41 Å². The van der Waals surface area contributed by atoms with Gasteiger partial charge in [0, 0.05) is 11.8 Å². The maximum Gasteiger partial charge on any atom is 0.411 e. The summed E-state index contributed by atoms with van der Waals surface area (Å²) in [5, 5.41) is 11.0. The van der Waals surface area contributed by atoms with Crippen LogP contribution in [0.3, 0.4) is 0 Å². The predicted octanol–water partition coefficient (Wildman–Crippen LogP) is 4.89. The third-order valence-electron chi connectivity index (χ3n) is 8.06. The first-order chi connectivity index (χ1) is 19.5. The molecule has 2 saturated heterocycles. The predicted molar refractivity (Wildman–Crippen MR) is 149 cm³/mol. The first-order valence-corrected chi connectivity index (χ1v) is 13.7. The maximum absolute atomic E-state index is 14.3. The topological polar surface area (TPSA) is 117 Å². The summed E-state index contributed by atoms with van der Waals surface area (Å²) in [6.45, 7) is 6.72. The molecule has 2 amide bonds. The second-order valence-electron chi connectivity index (χ2n) is 11.7. The molecule has 214 valence electrons. The Labute approximate surface area is 238 Å². The van der Waals surface area contributed by atoms with E-state index in [0.29, 0.717) is 17.7 Å². The van der Waals surface area contributed by atoms with Crippen molar-refractivity contribution in [1.82, 2.24) is 9.80 Å². The van der Waals surface area contributed by atoms with E-state index < -0.39 is 52.8 Å². The number of Topliss-reactive ketones (excluding diaryl/α,β-unsaturated/α-hetero) is 1. The number of amides is 2. The Morgan fingerprint density at radius 1 is 0.976 bits per heavy atom. The molecule has 2 aliphatic rings. The number of ether oxygens (including phenoxy) is 1. The Kier molecular flexibility index (Phi) is 7.23. The van der Waals surface area contributed by atoms with E-state index in [1.165, 1.54) is 16.1 Å². The number of rotatable bonds is 9. The van der Waals surface area contributed by atoms with E-state index in [2.05, 4.69) is 0 Å². The molecule has 2 aliphatic heterocycles.